The van der Waals surface area contributed by atoms with E-state index in [-0.39, 0.29) is 6.04 Å². The first kappa shape index (κ1) is 18.5. The first-order chi connectivity index (χ1) is 13.6. The highest BCUT2D eigenvalue weighted by molar-refractivity contribution is 6.33. The summed E-state index contributed by atoms with van der Waals surface area (Å²) in [7, 11) is 0. The molecule has 1 atom stereocenters. The summed E-state index contributed by atoms with van der Waals surface area (Å²) in [6.07, 6.45) is 0. The predicted octanol–water partition coefficient (Wildman–Crippen LogP) is 6.55. The molecule has 0 bridgehead atoms. The summed E-state index contributed by atoms with van der Waals surface area (Å²) in [5.41, 5.74) is 3.67. The van der Waals surface area contributed by atoms with Crippen molar-refractivity contribution >= 4 is 28.9 Å². The Hall–Kier alpha value is -2.82. The number of hydrogen-bond donors (Lipinski definition) is 1. The Morgan fingerprint density at radius 1 is 0.893 bits per heavy atom. The third kappa shape index (κ3) is 3.88. The monoisotopic (exact) mass is 409 g/mol. The third-order valence-corrected chi connectivity index (χ3v) is 4.99. The molecule has 140 valence electrons. The van der Waals surface area contributed by atoms with Crippen LogP contribution in [-0.2, 0) is 0 Å². The summed E-state index contributed by atoms with van der Waals surface area (Å²) >= 11 is 12.5. The number of anilines is 1. The minimum atomic E-state index is -0.331. The van der Waals surface area contributed by atoms with E-state index in [1.54, 1.807) is 6.07 Å². The van der Waals surface area contributed by atoms with Crippen molar-refractivity contribution in [3.8, 4) is 11.5 Å². The average Bonchev–Trinajstić information content (AvgIpc) is 3.19. The maximum absolute atomic E-state index is 6.27. The molecule has 0 radical (unpaired) electrons. The second-order valence-corrected chi connectivity index (χ2v) is 7.22. The van der Waals surface area contributed by atoms with E-state index < -0.39 is 0 Å². The molecule has 28 heavy (non-hydrogen) atoms. The van der Waals surface area contributed by atoms with Gasteiger partial charge in [0.05, 0.1) is 10.6 Å². The molecule has 6 heteroatoms. The Balaban J connectivity index is 1.75. The lowest BCUT2D eigenvalue weighted by molar-refractivity contribution is 0.494. The van der Waals surface area contributed by atoms with E-state index in [9.17, 15) is 0 Å². The number of rotatable bonds is 5. The molecule has 0 saturated heterocycles. The molecule has 4 aromatic rings. The second kappa shape index (κ2) is 8.05. The fourth-order valence-corrected chi connectivity index (χ4v) is 3.32. The average molecular weight is 410 g/mol. The molecule has 0 amide bonds. The van der Waals surface area contributed by atoms with Crippen LogP contribution in [0, 0.1) is 6.92 Å². The van der Waals surface area contributed by atoms with Crippen molar-refractivity contribution in [2.75, 3.05) is 5.32 Å². The number of aromatic nitrogens is 2. The molecule has 4 nitrogen and oxygen atoms in total. The highest BCUT2D eigenvalue weighted by Gasteiger charge is 2.22. The van der Waals surface area contributed by atoms with Crippen LogP contribution < -0.4 is 5.32 Å². The quantitative estimate of drug-likeness (QED) is 0.405. The van der Waals surface area contributed by atoms with Gasteiger partial charge < -0.3 is 9.73 Å². The highest BCUT2D eigenvalue weighted by Crippen LogP contribution is 2.32. The summed E-state index contributed by atoms with van der Waals surface area (Å²) in [5, 5.41) is 13.2. The van der Waals surface area contributed by atoms with E-state index in [0.29, 0.717) is 27.4 Å². The van der Waals surface area contributed by atoms with Crippen molar-refractivity contribution in [1.29, 1.82) is 0 Å². The number of nitrogens with zero attached hydrogens (tertiary/aromatic N) is 2. The van der Waals surface area contributed by atoms with Gasteiger partial charge in [-0.2, -0.15) is 0 Å². The van der Waals surface area contributed by atoms with Gasteiger partial charge in [-0.15, -0.1) is 10.2 Å². The zero-order valence-corrected chi connectivity index (χ0v) is 16.6. The van der Waals surface area contributed by atoms with Crippen molar-refractivity contribution in [3.05, 3.63) is 99.9 Å². The molecule has 3 aromatic carbocycles. The van der Waals surface area contributed by atoms with Gasteiger partial charge in [0.15, 0.2) is 0 Å². The molecular formula is C22H17Cl2N3O. The van der Waals surface area contributed by atoms with Crippen molar-refractivity contribution in [2.24, 2.45) is 0 Å². The van der Waals surface area contributed by atoms with Gasteiger partial charge in [-0.1, -0.05) is 71.7 Å². The maximum atomic E-state index is 6.27. The highest BCUT2D eigenvalue weighted by atomic mass is 35.5. The van der Waals surface area contributed by atoms with E-state index in [1.807, 2.05) is 73.7 Å². The largest absolute Gasteiger partial charge is 0.418 e. The lowest BCUT2D eigenvalue weighted by Crippen LogP contribution is -2.13. The van der Waals surface area contributed by atoms with Crippen LogP contribution in [0.4, 0.5) is 5.69 Å². The van der Waals surface area contributed by atoms with Gasteiger partial charge in [-0.05, 0) is 42.3 Å². The SMILES string of the molecule is Cc1ccc(Cl)cc1N[C@@H](c1ccccc1)c1nnc(-c2ccccc2Cl)o1. The van der Waals surface area contributed by atoms with Gasteiger partial charge in [0, 0.05) is 10.7 Å². The number of halogens is 2. The molecular weight excluding hydrogens is 393 g/mol. The Bertz CT molecular complexity index is 1100. The second-order valence-electron chi connectivity index (χ2n) is 6.37. The van der Waals surface area contributed by atoms with Crippen molar-refractivity contribution in [1.82, 2.24) is 10.2 Å². The van der Waals surface area contributed by atoms with Crippen LogP contribution in [0.15, 0.2) is 77.2 Å². The maximum Gasteiger partial charge on any atom is 0.249 e. The van der Waals surface area contributed by atoms with Crippen molar-refractivity contribution < 1.29 is 4.42 Å². The van der Waals surface area contributed by atoms with Crippen LogP contribution in [0.1, 0.15) is 23.1 Å². The summed E-state index contributed by atoms with van der Waals surface area (Å²) in [6, 6.07) is 22.7. The molecule has 0 aliphatic carbocycles. The molecule has 0 aliphatic heterocycles. The third-order valence-electron chi connectivity index (χ3n) is 4.42. The van der Waals surface area contributed by atoms with E-state index in [1.165, 1.54) is 0 Å². The van der Waals surface area contributed by atoms with Gasteiger partial charge in [0.25, 0.3) is 0 Å². The summed E-state index contributed by atoms with van der Waals surface area (Å²) in [5.74, 6) is 0.826. The number of nitrogens with one attached hydrogen (secondary N) is 1. The topological polar surface area (TPSA) is 51.0 Å². The normalized spacial score (nSPS) is 12.0. The molecule has 0 aliphatic rings. The first-order valence-corrected chi connectivity index (χ1v) is 9.53. The first-order valence-electron chi connectivity index (χ1n) is 8.78. The van der Waals surface area contributed by atoms with Crippen LogP contribution in [0.2, 0.25) is 10.0 Å². The van der Waals surface area contributed by atoms with Gasteiger partial charge in [0.1, 0.15) is 6.04 Å². The van der Waals surface area contributed by atoms with E-state index >= 15 is 0 Å². The Morgan fingerprint density at radius 2 is 1.64 bits per heavy atom. The summed E-state index contributed by atoms with van der Waals surface area (Å²) < 4.78 is 6.01. The van der Waals surface area contributed by atoms with Gasteiger partial charge in [-0.25, -0.2) is 0 Å². The standard InChI is InChI=1S/C22H17Cl2N3O/c1-14-11-12-16(23)13-19(14)25-20(15-7-3-2-4-8-15)22-27-26-21(28-22)17-9-5-6-10-18(17)24/h2-13,20,25H,1H3/t20-/m0/s1. The molecule has 0 fully saturated rings. The van der Waals surface area contributed by atoms with Crippen LogP contribution in [0.5, 0.6) is 0 Å². The molecule has 0 spiro atoms. The Labute approximate surface area is 173 Å². The van der Waals surface area contributed by atoms with Crippen LogP contribution >= 0.6 is 23.2 Å². The molecule has 4 rings (SSSR count). The van der Waals surface area contributed by atoms with E-state index in [4.69, 9.17) is 27.6 Å². The summed E-state index contributed by atoms with van der Waals surface area (Å²) in [6.45, 7) is 2.02. The Morgan fingerprint density at radius 3 is 2.43 bits per heavy atom. The minimum absolute atomic E-state index is 0.331. The lowest BCUT2D eigenvalue weighted by atomic mass is 10.1. The predicted molar refractivity (Wildman–Crippen MR) is 113 cm³/mol. The zero-order valence-electron chi connectivity index (χ0n) is 15.1. The van der Waals surface area contributed by atoms with Crippen molar-refractivity contribution in [2.45, 2.75) is 13.0 Å². The number of aryl methyl sites for hydroxylation is 1. The molecule has 1 N–H and O–H groups in total. The molecule has 1 heterocycles. The summed E-state index contributed by atoms with van der Waals surface area (Å²) in [4.78, 5) is 0. The minimum Gasteiger partial charge on any atom is -0.418 e. The fraction of sp³-hybridized carbons (Fsp3) is 0.0909. The fourth-order valence-electron chi connectivity index (χ4n) is 2.93. The lowest BCUT2D eigenvalue weighted by Gasteiger charge is -2.18. The smallest absolute Gasteiger partial charge is 0.249 e. The molecule has 0 saturated carbocycles. The van der Waals surface area contributed by atoms with Crippen LogP contribution in [-0.4, -0.2) is 10.2 Å². The number of benzene rings is 3. The van der Waals surface area contributed by atoms with Gasteiger partial charge >= 0.3 is 0 Å². The van der Waals surface area contributed by atoms with Crippen LogP contribution in [0.25, 0.3) is 11.5 Å². The zero-order chi connectivity index (χ0) is 19.5. The molecule has 1 aromatic heterocycles. The molecule has 0 unspecified atom stereocenters. The van der Waals surface area contributed by atoms with Gasteiger partial charge in [-0.3, -0.25) is 0 Å². The van der Waals surface area contributed by atoms with Gasteiger partial charge in [0.2, 0.25) is 11.8 Å². The van der Waals surface area contributed by atoms with E-state index in [0.717, 1.165) is 16.8 Å². The van der Waals surface area contributed by atoms with E-state index in [2.05, 4.69) is 15.5 Å². The number of hydrogen-bond acceptors (Lipinski definition) is 4. The van der Waals surface area contributed by atoms with Crippen molar-refractivity contribution in [3.63, 3.8) is 0 Å². The van der Waals surface area contributed by atoms with Crippen LogP contribution in [0.3, 0.4) is 0 Å². The Kier molecular flexibility index (Phi) is 5.33.